The van der Waals surface area contributed by atoms with E-state index in [0.717, 1.165) is 27.8 Å². The Morgan fingerprint density at radius 1 is 0.625 bits per heavy atom. The van der Waals surface area contributed by atoms with Crippen molar-refractivity contribution in [2.75, 3.05) is 0 Å². The van der Waals surface area contributed by atoms with Crippen molar-refractivity contribution in [3.63, 3.8) is 0 Å². The van der Waals surface area contributed by atoms with Gasteiger partial charge in [0.2, 0.25) is 0 Å². The molecule has 4 aromatic carbocycles. The van der Waals surface area contributed by atoms with E-state index in [1.807, 2.05) is 72.8 Å². The number of rotatable bonds is 4. The molecule has 1 aliphatic rings. The minimum absolute atomic E-state index is 0.0548. The quantitative estimate of drug-likeness (QED) is 0.422. The molecule has 0 spiro atoms. The van der Waals surface area contributed by atoms with E-state index >= 15 is 0 Å². The van der Waals surface area contributed by atoms with Crippen molar-refractivity contribution in [1.29, 1.82) is 5.26 Å². The molecule has 1 aliphatic carbocycles. The Labute approximate surface area is 189 Å². The maximum absolute atomic E-state index is 10.8. The summed E-state index contributed by atoms with van der Waals surface area (Å²) in [6, 6.07) is 43.8. The van der Waals surface area contributed by atoms with Gasteiger partial charge in [0.05, 0.1) is 6.07 Å². The molecule has 3 atom stereocenters. The number of hydrogen-bond donors (Lipinski definition) is 1. The van der Waals surface area contributed by atoms with Crippen molar-refractivity contribution in [3.05, 3.63) is 149 Å². The maximum Gasteiger partial charge on any atom is 0.129 e. The molecular formula is C30H24N2. The van der Waals surface area contributed by atoms with Gasteiger partial charge in [-0.25, -0.2) is 0 Å². The molecule has 2 heteroatoms. The highest BCUT2D eigenvalue weighted by atomic mass is 14.7. The molecule has 0 heterocycles. The van der Waals surface area contributed by atoms with Crippen LogP contribution in [0.25, 0.3) is 5.57 Å². The fourth-order valence-electron chi connectivity index (χ4n) is 5.27. The smallest absolute Gasteiger partial charge is 0.129 e. The minimum Gasteiger partial charge on any atom is -0.400 e. The normalized spacial score (nSPS) is 22.5. The summed E-state index contributed by atoms with van der Waals surface area (Å²) in [6.45, 7) is 0. The molecule has 0 aromatic heterocycles. The molecule has 5 rings (SSSR count). The second-order valence-corrected chi connectivity index (χ2v) is 8.26. The second kappa shape index (κ2) is 8.21. The van der Waals surface area contributed by atoms with Gasteiger partial charge >= 0.3 is 0 Å². The van der Waals surface area contributed by atoms with Gasteiger partial charge in [-0.3, -0.25) is 0 Å². The van der Waals surface area contributed by atoms with E-state index in [1.165, 1.54) is 0 Å². The summed E-state index contributed by atoms with van der Waals surface area (Å²) in [5.74, 6) is -0.213. The molecule has 0 aliphatic heterocycles. The lowest BCUT2D eigenvalue weighted by Crippen LogP contribution is -2.35. The van der Waals surface area contributed by atoms with Gasteiger partial charge in [0, 0.05) is 17.5 Å². The van der Waals surface area contributed by atoms with Crippen molar-refractivity contribution in [3.8, 4) is 6.07 Å². The average Bonchev–Trinajstić information content (AvgIpc) is 3.15. The molecule has 0 radical (unpaired) electrons. The molecule has 4 aromatic rings. The molecular weight excluding hydrogens is 388 g/mol. The first-order chi connectivity index (χ1) is 15.8. The van der Waals surface area contributed by atoms with Gasteiger partial charge in [-0.15, -0.1) is 0 Å². The topological polar surface area (TPSA) is 49.8 Å². The molecule has 0 fully saturated rings. The molecule has 2 nitrogen and oxygen atoms in total. The van der Waals surface area contributed by atoms with Crippen LogP contribution < -0.4 is 5.73 Å². The lowest BCUT2D eigenvalue weighted by molar-refractivity contribution is 0.499. The van der Waals surface area contributed by atoms with Crippen LogP contribution in [0.5, 0.6) is 0 Å². The van der Waals surface area contributed by atoms with E-state index in [-0.39, 0.29) is 11.8 Å². The van der Waals surface area contributed by atoms with Crippen LogP contribution in [0.15, 0.2) is 127 Å². The Kier molecular flexibility index (Phi) is 5.09. The van der Waals surface area contributed by atoms with Gasteiger partial charge in [0.25, 0.3) is 0 Å². The maximum atomic E-state index is 10.8. The highest BCUT2D eigenvalue weighted by molar-refractivity contribution is 5.83. The highest BCUT2D eigenvalue weighted by Crippen LogP contribution is 2.61. The zero-order valence-electron chi connectivity index (χ0n) is 17.7. The third kappa shape index (κ3) is 3.02. The Morgan fingerprint density at radius 3 is 1.62 bits per heavy atom. The fraction of sp³-hybridized carbons (Fsp3) is 0.100. The van der Waals surface area contributed by atoms with Crippen molar-refractivity contribution < 1.29 is 0 Å². The SMILES string of the molecule is N#C[C@@]1(c2ccccc2)C(N)=C(c2ccccc2)[C@H](c2ccccc2)[C@H]1c1ccccc1. The number of nitriles is 1. The molecule has 154 valence electrons. The van der Waals surface area contributed by atoms with Gasteiger partial charge in [0.15, 0.2) is 0 Å². The largest absolute Gasteiger partial charge is 0.400 e. The van der Waals surface area contributed by atoms with Crippen LogP contribution in [0.1, 0.15) is 34.1 Å². The summed E-state index contributed by atoms with van der Waals surface area (Å²) in [7, 11) is 0. The molecule has 0 saturated heterocycles. The van der Waals surface area contributed by atoms with Crippen LogP contribution in [0.3, 0.4) is 0 Å². The highest BCUT2D eigenvalue weighted by Gasteiger charge is 2.55. The van der Waals surface area contributed by atoms with Crippen LogP contribution in [0.2, 0.25) is 0 Å². The summed E-state index contributed by atoms with van der Waals surface area (Å²) in [5, 5.41) is 10.8. The third-order valence-corrected chi connectivity index (χ3v) is 6.63. The number of allylic oxidation sites excluding steroid dienone is 2. The molecule has 2 N–H and O–H groups in total. The number of nitrogens with two attached hydrogens (primary N) is 1. The first kappa shape index (κ1) is 19.8. The molecule has 0 bridgehead atoms. The minimum atomic E-state index is -0.978. The van der Waals surface area contributed by atoms with Crippen molar-refractivity contribution in [1.82, 2.24) is 0 Å². The van der Waals surface area contributed by atoms with E-state index < -0.39 is 5.41 Å². The van der Waals surface area contributed by atoms with Gasteiger partial charge in [-0.1, -0.05) is 121 Å². The monoisotopic (exact) mass is 412 g/mol. The standard InChI is InChI=1S/C30H24N2/c31-21-30(25-19-11-4-12-20-25)28(24-17-9-3-10-18-24)26(22-13-5-1-6-14-22)27(29(30)32)23-15-7-2-8-16-23/h1-20,26,28H,32H2/t26-,28+,30-/m0/s1. The first-order valence-corrected chi connectivity index (χ1v) is 10.9. The van der Waals surface area contributed by atoms with Crippen LogP contribution >= 0.6 is 0 Å². The van der Waals surface area contributed by atoms with Gasteiger partial charge in [-0.05, 0) is 27.8 Å². The average molecular weight is 413 g/mol. The summed E-state index contributed by atoms with van der Waals surface area (Å²) in [4.78, 5) is 0. The van der Waals surface area contributed by atoms with Crippen LogP contribution in [0, 0.1) is 11.3 Å². The van der Waals surface area contributed by atoms with E-state index in [0.29, 0.717) is 5.70 Å². The van der Waals surface area contributed by atoms with Crippen molar-refractivity contribution in [2.45, 2.75) is 17.3 Å². The Hall–Kier alpha value is -4.09. The predicted molar refractivity (Wildman–Crippen MR) is 130 cm³/mol. The molecule has 0 unspecified atom stereocenters. The fourth-order valence-corrected chi connectivity index (χ4v) is 5.27. The van der Waals surface area contributed by atoms with Crippen molar-refractivity contribution in [2.24, 2.45) is 5.73 Å². The summed E-state index contributed by atoms with van der Waals surface area (Å²) >= 11 is 0. The van der Waals surface area contributed by atoms with Crippen molar-refractivity contribution >= 4 is 5.57 Å². The zero-order valence-corrected chi connectivity index (χ0v) is 17.7. The Bertz CT molecular complexity index is 1270. The van der Waals surface area contributed by atoms with Crippen LogP contribution in [-0.2, 0) is 5.41 Å². The van der Waals surface area contributed by atoms with E-state index in [2.05, 4.69) is 54.6 Å². The Balaban J connectivity index is 1.88. The van der Waals surface area contributed by atoms with Gasteiger partial charge < -0.3 is 5.73 Å². The summed E-state index contributed by atoms with van der Waals surface area (Å²) in [6.07, 6.45) is 0. The lowest BCUT2D eigenvalue weighted by Gasteiger charge is -2.34. The van der Waals surface area contributed by atoms with E-state index in [4.69, 9.17) is 5.73 Å². The molecule has 32 heavy (non-hydrogen) atoms. The second-order valence-electron chi connectivity index (χ2n) is 8.26. The first-order valence-electron chi connectivity index (χ1n) is 10.9. The van der Waals surface area contributed by atoms with Crippen LogP contribution in [0.4, 0.5) is 0 Å². The molecule has 0 saturated carbocycles. The summed E-state index contributed by atoms with van der Waals surface area (Å²) in [5.41, 5.74) is 12.0. The third-order valence-electron chi connectivity index (χ3n) is 6.63. The lowest BCUT2D eigenvalue weighted by atomic mass is 9.65. The predicted octanol–water partition coefficient (Wildman–Crippen LogP) is 6.40. The van der Waals surface area contributed by atoms with Gasteiger partial charge in [-0.2, -0.15) is 5.26 Å². The number of hydrogen-bond acceptors (Lipinski definition) is 2. The zero-order chi connectivity index (χ0) is 22.0. The van der Waals surface area contributed by atoms with Crippen LogP contribution in [-0.4, -0.2) is 0 Å². The van der Waals surface area contributed by atoms with Gasteiger partial charge in [0.1, 0.15) is 5.41 Å². The van der Waals surface area contributed by atoms with E-state index in [1.54, 1.807) is 0 Å². The molecule has 0 amide bonds. The summed E-state index contributed by atoms with van der Waals surface area (Å²) < 4.78 is 0. The van der Waals surface area contributed by atoms with E-state index in [9.17, 15) is 5.26 Å². The number of nitrogens with zero attached hydrogens (tertiary/aromatic N) is 1. The Morgan fingerprint density at radius 2 is 1.09 bits per heavy atom. The number of benzene rings is 4.